The molecule has 2 N–H and O–H groups in total. The van der Waals surface area contributed by atoms with Crippen molar-refractivity contribution in [2.75, 3.05) is 35.3 Å². The highest BCUT2D eigenvalue weighted by molar-refractivity contribution is 6.04. The van der Waals surface area contributed by atoms with Crippen molar-refractivity contribution in [3.63, 3.8) is 0 Å². The summed E-state index contributed by atoms with van der Waals surface area (Å²) >= 11 is 0. The lowest BCUT2D eigenvalue weighted by Crippen LogP contribution is -2.28. The minimum absolute atomic E-state index is 0.126. The maximum absolute atomic E-state index is 12.7. The fourth-order valence-electron chi connectivity index (χ4n) is 3.45. The zero-order chi connectivity index (χ0) is 20.4. The van der Waals surface area contributed by atoms with Crippen molar-refractivity contribution in [3.8, 4) is 11.5 Å². The van der Waals surface area contributed by atoms with Crippen LogP contribution in [0.15, 0.2) is 42.5 Å². The van der Waals surface area contributed by atoms with Gasteiger partial charge in [0.1, 0.15) is 13.2 Å². The molecule has 0 spiro atoms. The molecule has 3 amide bonds. The third-order valence-corrected chi connectivity index (χ3v) is 4.78. The highest BCUT2D eigenvalue weighted by Gasteiger charge is 2.35. The Labute approximate surface area is 167 Å². The lowest BCUT2D eigenvalue weighted by atomic mass is 10.1. The number of ether oxygens (including phenoxy) is 2. The Morgan fingerprint density at radius 2 is 1.76 bits per heavy atom. The van der Waals surface area contributed by atoms with Crippen molar-refractivity contribution in [2.45, 2.75) is 13.3 Å². The van der Waals surface area contributed by atoms with E-state index in [1.54, 1.807) is 47.4 Å². The maximum Gasteiger partial charge on any atom is 0.229 e. The molecule has 2 aromatic carbocycles. The lowest BCUT2D eigenvalue weighted by Gasteiger charge is -2.20. The molecule has 1 fully saturated rings. The quantitative estimate of drug-likeness (QED) is 0.829. The Bertz CT molecular complexity index is 975. The Kier molecular flexibility index (Phi) is 5.07. The van der Waals surface area contributed by atoms with Gasteiger partial charge in [-0.25, -0.2) is 0 Å². The fourth-order valence-corrected chi connectivity index (χ4v) is 3.45. The van der Waals surface area contributed by atoms with Gasteiger partial charge in [-0.15, -0.1) is 0 Å². The molecule has 0 aliphatic carbocycles. The summed E-state index contributed by atoms with van der Waals surface area (Å²) in [6.45, 7) is 2.67. The van der Waals surface area contributed by atoms with Crippen LogP contribution in [0, 0.1) is 5.92 Å². The summed E-state index contributed by atoms with van der Waals surface area (Å²) < 4.78 is 11.0. The largest absolute Gasteiger partial charge is 0.486 e. The average molecular weight is 395 g/mol. The van der Waals surface area contributed by atoms with Crippen molar-refractivity contribution in [2.24, 2.45) is 5.92 Å². The van der Waals surface area contributed by atoms with Crippen LogP contribution in [0.3, 0.4) is 0 Å². The number of hydrogen-bond acceptors (Lipinski definition) is 5. The molecule has 29 heavy (non-hydrogen) atoms. The first-order valence-corrected chi connectivity index (χ1v) is 9.38. The zero-order valence-electron chi connectivity index (χ0n) is 15.9. The first kappa shape index (κ1) is 18.8. The van der Waals surface area contributed by atoms with E-state index in [9.17, 15) is 14.4 Å². The van der Waals surface area contributed by atoms with Crippen LogP contribution in [0.25, 0.3) is 0 Å². The molecule has 2 aliphatic rings. The molecule has 150 valence electrons. The van der Waals surface area contributed by atoms with Gasteiger partial charge in [0.2, 0.25) is 17.7 Å². The van der Waals surface area contributed by atoms with Gasteiger partial charge < -0.3 is 25.0 Å². The number of fused-ring (bicyclic) bond motifs is 1. The lowest BCUT2D eigenvalue weighted by molar-refractivity contribution is -0.122. The number of benzene rings is 2. The summed E-state index contributed by atoms with van der Waals surface area (Å²) in [5.74, 6) is 0.220. The van der Waals surface area contributed by atoms with Gasteiger partial charge in [-0.3, -0.25) is 14.4 Å². The second-order valence-corrected chi connectivity index (χ2v) is 6.98. The Morgan fingerprint density at radius 1 is 1.00 bits per heavy atom. The molecule has 1 unspecified atom stereocenters. The smallest absolute Gasteiger partial charge is 0.229 e. The van der Waals surface area contributed by atoms with Gasteiger partial charge in [-0.2, -0.15) is 0 Å². The van der Waals surface area contributed by atoms with Gasteiger partial charge in [0, 0.05) is 43.0 Å². The van der Waals surface area contributed by atoms with E-state index in [2.05, 4.69) is 10.6 Å². The molecule has 1 atom stereocenters. The predicted molar refractivity (Wildman–Crippen MR) is 107 cm³/mol. The predicted octanol–water partition coefficient (Wildman–Crippen LogP) is 2.41. The Morgan fingerprint density at radius 3 is 2.55 bits per heavy atom. The molecule has 2 heterocycles. The van der Waals surface area contributed by atoms with E-state index in [4.69, 9.17) is 9.47 Å². The van der Waals surface area contributed by atoms with Crippen molar-refractivity contribution < 1.29 is 23.9 Å². The molecular weight excluding hydrogens is 374 g/mol. The van der Waals surface area contributed by atoms with Gasteiger partial charge in [-0.05, 0) is 30.3 Å². The molecule has 4 rings (SSSR count). The number of carbonyl (C=O) groups is 3. The number of amides is 3. The first-order chi connectivity index (χ1) is 14.0. The van der Waals surface area contributed by atoms with E-state index in [1.807, 2.05) is 0 Å². The number of rotatable bonds is 4. The van der Waals surface area contributed by atoms with Crippen molar-refractivity contribution in [1.82, 2.24) is 0 Å². The van der Waals surface area contributed by atoms with Crippen LogP contribution in [0.5, 0.6) is 11.5 Å². The number of nitrogens with one attached hydrogen (secondary N) is 2. The maximum atomic E-state index is 12.7. The number of anilines is 3. The zero-order valence-corrected chi connectivity index (χ0v) is 15.9. The summed E-state index contributed by atoms with van der Waals surface area (Å²) in [4.78, 5) is 38.0. The molecule has 8 heteroatoms. The summed E-state index contributed by atoms with van der Waals surface area (Å²) in [5.41, 5.74) is 1.85. The first-order valence-electron chi connectivity index (χ1n) is 9.38. The second-order valence-electron chi connectivity index (χ2n) is 6.98. The van der Waals surface area contributed by atoms with Gasteiger partial charge >= 0.3 is 0 Å². The number of carbonyl (C=O) groups excluding carboxylic acids is 3. The summed E-state index contributed by atoms with van der Waals surface area (Å²) in [7, 11) is 0. The van der Waals surface area contributed by atoms with Gasteiger partial charge in [0.15, 0.2) is 11.5 Å². The molecule has 0 saturated carbocycles. The third-order valence-electron chi connectivity index (χ3n) is 4.78. The van der Waals surface area contributed by atoms with Gasteiger partial charge in [0.25, 0.3) is 0 Å². The van der Waals surface area contributed by atoms with Crippen LogP contribution in [0.2, 0.25) is 0 Å². The van der Waals surface area contributed by atoms with Crippen LogP contribution in [0.4, 0.5) is 17.1 Å². The molecule has 1 saturated heterocycles. The molecular formula is C21H21N3O5. The van der Waals surface area contributed by atoms with Crippen LogP contribution in [-0.2, 0) is 14.4 Å². The highest BCUT2D eigenvalue weighted by Crippen LogP contribution is 2.33. The third kappa shape index (κ3) is 4.16. The Balaban J connectivity index is 1.44. The van der Waals surface area contributed by atoms with Gasteiger partial charge in [-0.1, -0.05) is 6.07 Å². The fraction of sp³-hybridized carbons (Fsp3) is 0.286. The average Bonchev–Trinajstić information content (AvgIpc) is 3.09. The molecule has 0 bridgehead atoms. The van der Waals surface area contributed by atoms with E-state index in [0.29, 0.717) is 41.8 Å². The summed E-state index contributed by atoms with van der Waals surface area (Å²) in [5, 5.41) is 5.55. The molecule has 2 aromatic rings. The molecule has 0 radical (unpaired) electrons. The van der Waals surface area contributed by atoms with E-state index in [0.717, 1.165) is 0 Å². The summed E-state index contributed by atoms with van der Waals surface area (Å²) in [6, 6.07) is 12.2. The standard InChI is InChI=1S/C21H21N3O5/c1-13(25)22-15-3-2-4-17(10-15)24-12-14(9-20(24)26)21(27)23-16-5-6-18-19(11-16)29-8-7-28-18/h2-6,10-11,14H,7-9,12H2,1H3,(H,22,25)(H,23,27). The number of nitrogens with zero attached hydrogens (tertiary/aromatic N) is 1. The van der Waals surface area contributed by atoms with E-state index < -0.39 is 5.92 Å². The molecule has 0 aromatic heterocycles. The van der Waals surface area contributed by atoms with E-state index >= 15 is 0 Å². The second kappa shape index (κ2) is 7.83. The topological polar surface area (TPSA) is 97.0 Å². The van der Waals surface area contributed by atoms with Crippen molar-refractivity contribution in [3.05, 3.63) is 42.5 Å². The highest BCUT2D eigenvalue weighted by atomic mass is 16.6. The molecule has 2 aliphatic heterocycles. The van der Waals surface area contributed by atoms with E-state index in [-0.39, 0.29) is 30.7 Å². The van der Waals surface area contributed by atoms with Crippen LogP contribution in [-0.4, -0.2) is 37.5 Å². The SMILES string of the molecule is CC(=O)Nc1cccc(N2CC(C(=O)Nc3ccc4c(c3)OCCO4)CC2=O)c1. The monoisotopic (exact) mass is 395 g/mol. The molecule has 8 nitrogen and oxygen atoms in total. The minimum atomic E-state index is -0.472. The Hall–Kier alpha value is -3.55. The van der Waals surface area contributed by atoms with Gasteiger partial charge in [0.05, 0.1) is 5.92 Å². The summed E-state index contributed by atoms with van der Waals surface area (Å²) in [6.07, 6.45) is 0.126. The number of hydrogen-bond donors (Lipinski definition) is 2. The van der Waals surface area contributed by atoms with Crippen molar-refractivity contribution >= 4 is 34.8 Å². The van der Waals surface area contributed by atoms with Crippen LogP contribution in [0.1, 0.15) is 13.3 Å². The van der Waals surface area contributed by atoms with Crippen LogP contribution >= 0.6 is 0 Å². The van der Waals surface area contributed by atoms with Crippen molar-refractivity contribution in [1.29, 1.82) is 0 Å². The van der Waals surface area contributed by atoms with Crippen LogP contribution < -0.4 is 25.0 Å². The minimum Gasteiger partial charge on any atom is -0.486 e. The van der Waals surface area contributed by atoms with E-state index in [1.165, 1.54) is 6.92 Å². The normalized spacial score (nSPS) is 17.8.